The minimum absolute atomic E-state index is 0.110. The van der Waals surface area contributed by atoms with Gasteiger partial charge in [0, 0.05) is 6.42 Å². The van der Waals surface area contributed by atoms with Crippen molar-refractivity contribution in [3.8, 4) is 0 Å². The number of fused-ring (bicyclic) bond motifs is 5. The van der Waals surface area contributed by atoms with Crippen molar-refractivity contribution in [3.05, 3.63) is 0 Å². The van der Waals surface area contributed by atoms with E-state index in [1.165, 1.54) is 0 Å². The minimum Gasteiger partial charge on any atom is -0.466 e. The quantitative estimate of drug-likeness (QED) is 0.569. The molecule has 5 nitrogen and oxygen atoms in total. The molecule has 31 heavy (non-hydrogen) atoms. The average molecular weight is 437 g/mol. The number of rotatable bonds is 5. The summed E-state index contributed by atoms with van der Waals surface area (Å²) in [5.41, 5.74) is -0.0906. The number of carbonyl (C=O) groups excluding carboxylic acids is 1. The van der Waals surface area contributed by atoms with Crippen molar-refractivity contribution in [3.63, 3.8) is 0 Å². The van der Waals surface area contributed by atoms with Gasteiger partial charge in [-0.2, -0.15) is 0 Å². The molecular formula is C26H44O5. The van der Waals surface area contributed by atoms with E-state index < -0.39 is 0 Å². The van der Waals surface area contributed by atoms with Crippen LogP contribution in [0.25, 0.3) is 0 Å². The molecule has 3 N–H and O–H groups in total. The SMILES string of the molecule is CCOC(=O)CC[C@@H](C)[C@@H]1CC[C@@H]2[C@@H]3[C@H](O)C[C@H]4C[C@H](O)CC[C@@]4(C)[C@@H]3C[C@H](O)[C@]21C. The molecule has 0 heterocycles. The summed E-state index contributed by atoms with van der Waals surface area (Å²) in [6.07, 6.45) is 6.62. The third-order valence-electron chi connectivity index (χ3n) is 10.6. The average Bonchev–Trinajstić information content (AvgIpc) is 3.07. The molecule has 4 fully saturated rings. The summed E-state index contributed by atoms with van der Waals surface area (Å²) in [6, 6.07) is 0. The van der Waals surface area contributed by atoms with Crippen molar-refractivity contribution in [2.24, 2.45) is 46.3 Å². The van der Waals surface area contributed by atoms with Gasteiger partial charge in [0.1, 0.15) is 0 Å². The Morgan fingerprint density at radius 2 is 1.81 bits per heavy atom. The topological polar surface area (TPSA) is 87.0 Å². The van der Waals surface area contributed by atoms with E-state index in [-0.39, 0.29) is 41.0 Å². The van der Waals surface area contributed by atoms with Crippen LogP contribution in [0.2, 0.25) is 0 Å². The standard InChI is InChI=1S/C26H44O5/c1-5-31-23(30)9-6-15(2)18-7-8-19-24-20(14-22(29)26(18,19)4)25(3)11-10-17(27)12-16(25)13-21(24)28/h15-22,24,27-29H,5-14H2,1-4H3/t15-,16-,17-,18+,19-,20-,21-,22+,24+,25-,26+/m1/s1. The van der Waals surface area contributed by atoms with Crippen LogP contribution >= 0.6 is 0 Å². The van der Waals surface area contributed by atoms with Crippen LogP contribution in [0.5, 0.6) is 0 Å². The lowest BCUT2D eigenvalue weighted by Gasteiger charge is -2.63. The van der Waals surface area contributed by atoms with Crippen molar-refractivity contribution in [2.45, 2.75) is 104 Å². The molecule has 0 saturated heterocycles. The first-order valence-electron chi connectivity index (χ1n) is 12.8. The maximum atomic E-state index is 11.9. The molecule has 0 spiro atoms. The maximum Gasteiger partial charge on any atom is 0.305 e. The van der Waals surface area contributed by atoms with Crippen LogP contribution in [-0.4, -0.2) is 46.2 Å². The van der Waals surface area contributed by atoms with Gasteiger partial charge in [-0.25, -0.2) is 0 Å². The zero-order valence-electron chi connectivity index (χ0n) is 19.9. The Morgan fingerprint density at radius 3 is 2.52 bits per heavy atom. The van der Waals surface area contributed by atoms with E-state index >= 15 is 0 Å². The number of esters is 1. The summed E-state index contributed by atoms with van der Waals surface area (Å²) in [7, 11) is 0. The highest BCUT2D eigenvalue weighted by molar-refractivity contribution is 5.69. The number of hydrogen-bond acceptors (Lipinski definition) is 5. The molecule has 0 amide bonds. The molecule has 0 aromatic carbocycles. The van der Waals surface area contributed by atoms with Crippen LogP contribution in [0.4, 0.5) is 0 Å². The lowest BCUT2D eigenvalue weighted by atomic mass is 9.43. The van der Waals surface area contributed by atoms with Crippen molar-refractivity contribution < 1.29 is 24.9 Å². The zero-order chi connectivity index (χ0) is 22.6. The zero-order valence-corrected chi connectivity index (χ0v) is 19.9. The van der Waals surface area contributed by atoms with Gasteiger partial charge < -0.3 is 20.1 Å². The van der Waals surface area contributed by atoms with Crippen molar-refractivity contribution in [2.75, 3.05) is 6.61 Å². The Balaban J connectivity index is 1.54. The number of aliphatic hydroxyl groups excluding tert-OH is 3. The molecule has 0 unspecified atom stereocenters. The second-order valence-corrected chi connectivity index (χ2v) is 11.8. The van der Waals surface area contributed by atoms with E-state index in [9.17, 15) is 20.1 Å². The predicted octanol–water partition coefficient (Wildman–Crippen LogP) is 3.93. The first-order chi connectivity index (χ1) is 14.6. The molecule has 0 aromatic rings. The first kappa shape index (κ1) is 23.5. The van der Waals surface area contributed by atoms with Gasteiger partial charge >= 0.3 is 5.97 Å². The van der Waals surface area contributed by atoms with Crippen LogP contribution in [0, 0.1) is 46.3 Å². The van der Waals surface area contributed by atoms with E-state index in [0.717, 1.165) is 51.4 Å². The molecule has 4 rings (SSSR count). The molecule has 4 saturated carbocycles. The molecule has 4 aliphatic carbocycles. The summed E-state index contributed by atoms with van der Waals surface area (Å²) in [6.45, 7) is 9.13. The summed E-state index contributed by atoms with van der Waals surface area (Å²) in [5, 5.41) is 33.1. The number of aliphatic hydroxyl groups is 3. The van der Waals surface area contributed by atoms with E-state index in [4.69, 9.17) is 4.74 Å². The van der Waals surface area contributed by atoms with Crippen molar-refractivity contribution in [1.82, 2.24) is 0 Å². The number of hydrogen-bond donors (Lipinski definition) is 3. The maximum absolute atomic E-state index is 11.9. The predicted molar refractivity (Wildman–Crippen MR) is 119 cm³/mol. The van der Waals surface area contributed by atoms with E-state index in [2.05, 4.69) is 20.8 Å². The third kappa shape index (κ3) is 3.77. The fourth-order valence-electron chi connectivity index (χ4n) is 8.91. The summed E-state index contributed by atoms with van der Waals surface area (Å²) in [5.74, 6) is 1.84. The Labute approximate surface area is 187 Å². The highest BCUT2D eigenvalue weighted by Crippen LogP contribution is 2.68. The minimum atomic E-state index is -0.370. The molecule has 0 aliphatic heterocycles. The second-order valence-electron chi connectivity index (χ2n) is 11.8. The Kier molecular flexibility index (Phi) is 6.53. The van der Waals surface area contributed by atoms with Crippen LogP contribution in [-0.2, 0) is 9.53 Å². The van der Waals surface area contributed by atoms with Gasteiger partial charge in [-0.15, -0.1) is 0 Å². The number of carbonyl (C=O) groups is 1. The summed E-state index contributed by atoms with van der Waals surface area (Å²) in [4.78, 5) is 11.9. The molecule has 4 aliphatic rings. The van der Waals surface area contributed by atoms with Crippen LogP contribution < -0.4 is 0 Å². The highest BCUT2D eigenvalue weighted by atomic mass is 16.5. The molecule has 5 heteroatoms. The van der Waals surface area contributed by atoms with Gasteiger partial charge in [-0.1, -0.05) is 20.8 Å². The Bertz CT molecular complexity index is 666. The monoisotopic (exact) mass is 436 g/mol. The van der Waals surface area contributed by atoms with Gasteiger partial charge in [-0.05, 0) is 105 Å². The second kappa shape index (κ2) is 8.61. The number of ether oxygens (including phenoxy) is 1. The van der Waals surface area contributed by atoms with Gasteiger partial charge in [0.25, 0.3) is 0 Å². The van der Waals surface area contributed by atoms with Crippen molar-refractivity contribution in [1.29, 1.82) is 0 Å². The molecule has 11 atom stereocenters. The molecule has 0 radical (unpaired) electrons. The Hall–Kier alpha value is -0.650. The molecule has 0 aromatic heterocycles. The fourth-order valence-corrected chi connectivity index (χ4v) is 8.91. The van der Waals surface area contributed by atoms with Gasteiger partial charge in [0.2, 0.25) is 0 Å². The van der Waals surface area contributed by atoms with Gasteiger partial charge in [0.15, 0.2) is 0 Å². The van der Waals surface area contributed by atoms with Gasteiger partial charge in [0.05, 0.1) is 24.9 Å². The van der Waals surface area contributed by atoms with Crippen LogP contribution in [0.15, 0.2) is 0 Å². The molecule has 178 valence electrons. The Morgan fingerprint density at radius 1 is 1.06 bits per heavy atom. The molecular weight excluding hydrogens is 392 g/mol. The lowest BCUT2D eigenvalue weighted by Crippen LogP contribution is -2.62. The van der Waals surface area contributed by atoms with Crippen LogP contribution in [0.1, 0.15) is 85.5 Å². The van der Waals surface area contributed by atoms with E-state index in [0.29, 0.717) is 42.6 Å². The summed E-state index contributed by atoms with van der Waals surface area (Å²) < 4.78 is 5.12. The van der Waals surface area contributed by atoms with E-state index in [1.807, 2.05) is 6.92 Å². The third-order valence-corrected chi connectivity index (χ3v) is 10.6. The fraction of sp³-hybridized carbons (Fsp3) is 0.962. The smallest absolute Gasteiger partial charge is 0.305 e. The van der Waals surface area contributed by atoms with E-state index in [1.54, 1.807) is 0 Å². The lowest BCUT2D eigenvalue weighted by molar-refractivity contribution is -0.207. The van der Waals surface area contributed by atoms with Crippen molar-refractivity contribution >= 4 is 5.97 Å². The first-order valence-corrected chi connectivity index (χ1v) is 12.8. The van der Waals surface area contributed by atoms with Gasteiger partial charge in [-0.3, -0.25) is 4.79 Å². The molecule has 0 bridgehead atoms. The van der Waals surface area contributed by atoms with Crippen LogP contribution in [0.3, 0.4) is 0 Å². The normalized spacial score (nSPS) is 50.2. The highest BCUT2D eigenvalue weighted by Gasteiger charge is 2.65. The summed E-state index contributed by atoms with van der Waals surface area (Å²) >= 11 is 0. The largest absolute Gasteiger partial charge is 0.466 e.